The van der Waals surface area contributed by atoms with Gasteiger partial charge in [-0.2, -0.15) is 0 Å². The molecule has 0 aromatic carbocycles. The van der Waals surface area contributed by atoms with Crippen molar-refractivity contribution in [1.82, 2.24) is 16.0 Å². The first-order chi connectivity index (χ1) is 12.6. The first kappa shape index (κ1) is 23.5. The van der Waals surface area contributed by atoms with Gasteiger partial charge < -0.3 is 30.2 Å². The number of amides is 1. The lowest BCUT2D eigenvalue weighted by atomic mass is 10.1. The van der Waals surface area contributed by atoms with Gasteiger partial charge in [0.15, 0.2) is 5.96 Å². The Kier molecular flexibility index (Phi) is 9.87. The molecule has 1 amide bonds. The van der Waals surface area contributed by atoms with Crippen LogP contribution in [0.25, 0.3) is 0 Å². The van der Waals surface area contributed by atoms with Gasteiger partial charge in [0.25, 0.3) is 0 Å². The second-order valence-electron chi connectivity index (χ2n) is 8.52. The van der Waals surface area contributed by atoms with E-state index in [2.05, 4.69) is 20.9 Å². The Labute approximate surface area is 163 Å². The molecule has 1 fully saturated rings. The van der Waals surface area contributed by atoms with Crippen LogP contribution in [0.4, 0.5) is 4.79 Å². The summed E-state index contributed by atoms with van der Waals surface area (Å²) in [6.45, 7) is 13.8. The van der Waals surface area contributed by atoms with E-state index < -0.39 is 17.2 Å². The molecular weight excluding hydrogens is 348 g/mol. The second kappa shape index (κ2) is 11.3. The number of ether oxygens (including phenoxy) is 3. The third-order valence-electron chi connectivity index (χ3n) is 3.90. The fraction of sp³-hybridized carbons (Fsp3) is 0.895. The monoisotopic (exact) mass is 386 g/mol. The van der Waals surface area contributed by atoms with Crippen LogP contribution in [0.3, 0.4) is 0 Å². The molecule has 158 valence electrons. The predicted molar refractivity (Wildman–Crippen MR) is 107 cm³/mol. The molecule has 0 aliphatic carbocycles. The van der Waals surface area contributed by atoms with Crippen LogP contribution in [0.2, 0.25) is 0 Å². The normalized spacial score (nSPS) is 18.3. The van der Waals surface area contributed by atoms with Crippen molar-refractivity contribution in [3.05, 3.63) is 0 Å². The quantitative estimate of drug-likeness (QED) is 0.318. The van der Waals surface area contributed by atoms with Gasteiger partial charge >= 0.3 is 6.09 Å². The Morgan fingerprint density at radius 1 is 1.22 bits per heavy atom. The lowest BCUT2D eigenvalue weighted by Gasteiger charge is -2.29. The molecule has 0 radical (unpaired) electrons. The van der Waals surface area contributed by atoms with Crippen molar-refractivity contribution in [3.63, 3.8) is 0 Å². The van der Waals surface area contributed by atoms with E-state index in [9.17, 15) is 4.79 Å². The van der Waals surface area contributed by atoms with Gasteiger partial charge in [-0.05, 0) is 47.5 Å². The van der Waals surface area contributed by atoms with Crippen molar-refractivity contribution < 1.29 is 19.0 Å². The fourth-order valence-electron chi connectivity index (χ4n) is 2.50. The third-order valence-corrected chi connectivity index (χ3v) is 3.90. The minimum absolute atomic E-state index is 0.429. The smallest absolute Gasteiger partial charge is 0.408 e. The Morgan fingerprint density at radius 2 is 1.96 bits per heavy atom. The highest BCUT2D eigenvalue weighted by Gasteiger charge is 2.24. The number of aliphatic imine (C=N–C) groups is 1. The standard InChI is InChI=1S/C19H38N4O4/c1-18(2,3)27-17(24)23-19(4,5)14-22-16(20-6)21-9-7-10-25-12-15-8-11-26-13-15/h15H,7-14H2,1-6H3,(H,23,24)(H2,20,21,22). The Hall–Kier alpha value is -1.54. The highest BCUT2D eigenvalue weighted by molar-refractivity contribution is 5.79. The Bertz CT molecular complexity index is 469. The van der Waals surface area contributed by atoms with Crippen molar-refractivity contribution in [3.8, 4) is 0 Å². The van der Waals surface area contributed by atoms with Crippen LogP contribution in [0.5, 0.6) is 0 Å². The van der Waals surface area contributed by atoms with Gasteiger partial charge in [-0.25, -0.2) is 4.79 Å². The van der Waals surface area contributed by atoms with Gasteiger partial charge in [0.2, 0.25) is 0 Å². The zero-order valence-corrected chi connectivity index (χ0v) is 17.8. The van der Waals surface area contributed by atoms with Crippen LogP contribution in [0, 0.1) is 5.92 Å². The molecule has 1 unspecified atom stereocenters. The number of carbonyl (C=O) groups excluding carboxylic acids is 1. The molecule has 1 aliphatic rings. The molecule has 0 aromatic rings. The summed E-state index contributed by atoms with van der Waals surface area (Å²) in [6.07, 6.45) is 1.57. The minimum Gasteiger partial charge on any atom is -0.444 e. The molecule has 27 heavy (non-hydrogen) atoms. The van der Waals surface area contributed by atoms with E-state index in [0.29, 0.717) is 25.0 Å². The average molecular weight is 387 g/mol. The van der Waals surface area contributed by atoms with Crippen molar-refractivity contribution in [2.45, 2.75) is 58.6 Å². The van der Waals surface area contributed by atoms with Gasteiger partial charge in [0, 0.05) is 39.3 Å². The number of hydrogen-bond donors (Lipinski definition) is 3. The summed E-state index contributed by atoms with van der Waals surface area (Å²) in [5, 5.41) is 9.34. The molecule has 1 atom stereocenters. The third kappa shape index (κ3) is 11.7. The first-order valence-corrected chi connectivity index (χ1v) is 9.72. The number of rotatable bonds is 9. The topological polar surface area (TPSA) is 93.2 Å². The number of nitrogens with one attached hydrogen (secondary N) is 3. The highest BCUT2D eigenvalue weighted by Crippen LogP contribution is 2.12. The van der Waals surface area contributed by atoms with Crippen LogP contribution in [-0.2, 0) is 14.2 Å². The summed E-state index contributed by atoms with van der Waals surface area (Å²) in [7, 11) is 1.72. The van der Waals surface area contributed by atoms with Crippen LogP contribution in [-0.4, -0.2) is 69.8 Å². The molecule has 3 N–H and O–H groups in total. The van der Waals surface area contributed by atoms with Crippen molar-refractivity contribution in [1.29, 1.82) is 0 Å². The maximum Gasteiger partial charge on any atom is 0.408 e. The number of hydrogen-bond acceptors (Lipinski definition) is 5. The summed E-state index contributed by atoms with van der Waals surface area (Å²) < 4.78 is 16.3. The Morgan fingerprint density at radius 3 is 2.56 bits per heavy atom. The van der Waals surface area contributed by atoms with E-state index in [4.69, 9.17) is 14.2 Å². The van der Waals surface area contributed by atoms with E-state index in [0.717, 1.165) is 39.2 Å². The molecular formula is C19H38N4O4. The van der Waals surface area contributed by atoms with E-state index in [1.807, 2.05) is 34.6 Å². The van der Waals surface area contributed by atoms with E-state index >= 15 is 0 Å². The van der Waals surface area contributed by atoms with Gasteiger partial charge in [-0.15, -0.1) is 0 Å². The zero-order chi connectivity index (χ0) is 20.3. The molecule has 1 aliphatic heterocycles. The van der Waals surface area contributed by atoms with Crippen LogP contribution < -0.4 is 16.0 Å². The maximum atomic E-state index is 11.9. The van der Waals surface area contributed by atoms with Gasteiger partial charge in [-0.1, -0.05) is 0 Å². The molecule has 0 spiro atoms. The predicted octanol–water partition coefficient (Wildman–Crippen LogP) is 1.90. The summed E-state index contributed by atoms with van der Waals surface area (Å²) in [4.78, 5) is 16.1. The lowest BCUT2D eigenvalue weighted by Crippen LogP contribution is -2.54. The van der Waals surface area contributed by atoms with Gasteiger partial charge in [-0.3, -0.25) is 4.99 Å². The molecule has 1 heterocycles. The molecule has 0 saturated carbocycles. The summed E-state index contributed by atoms with van der Waals surface area (Å²) in [5.74, 6) is 1.24. The highest BCUT2D eigenvalue weighted by atomic mass is 16.6. The van der Waals surface area contributed by atoms with Crippen LogP contribution in [0.1, 0.15) is 47.5 Å². The Balaban J connectivity index is 2.17. The SMILES string of the molecule is CN=C(NCCCOCC1CCOC1)NCC(C)(C)NC(=O)OC(C)(C)C. The van der Waals surface area contributed by atoms with Crippen molar-refractivity contribution in [2.75, 3.05) is 46.6 Å². The number of alkyl carbamates (subject to hydrolysis) is 1. The minimum atomic E-state index is -0.516. The number of carbonyl (C=O) groups is 1. The molecule has 0 bridgehead atoms. The first-order valence-electron chi connectivity index (χ1n) is 9.72. The maximum absolute atomic E-state index is 11.9. The zero-order valence-electron chi connectivity index (χ0n) is 17.8. The number of nitrogens with zero attached hydrogens (tertiary/aromatic N) is 1. The molecule has 1 saturated heterocycles. The van der Waals surface area contributed by atoms with Crippen molar-refractivity contribution in [2.24, 2.45) is 10.9 Å². The fourth-order valence-corrected chi connectivity index (χ4v) is 2.50. The number of guanidine groups is 1. The van der Waals surface area contributed by atoms with Crippen LogP contribution in [0.15, 0.2) is 4.99 Å². The molecule has 8 heteroatoms. The molecule has 1 rings (SSSR count). The van der Waals surface area contributed by atoms with E-state index in [-0.39, 0.29) is 0 Å². The van der Waals surface area contributed by atoms with E-state index in [1.165, 1.54) is 0 Å². The molecule has 8 nitrogen and oxygen atoms in total. The second-order valence-corrected chi connectivity index (χ2v) is 8.52. The molecule has 0 aromatic heterocycles. The lowest BCUT2D eigenvalue weighted by molar-refractivity contribution is 0.0474. The summed E-state index contributed by atoms with van der Waals surface area (Å²) in [5.41, 5.74) is -0.996. The summed E-state index contributed by atoms with van der Waals surface area (Å²) in [6, 6.07) is 0. The van der Waals surface area contributed by atoms with Gasteiger partial charge in [0.1, 0.15) is 5.60 Å². The largest absolute Gasteiger partial charge is 0.444 e. The van der Waals surface area contributed by atoms with Crippen molar-refractivity contribution >= 4 is 12.1 Å². The summed E-state index contributed by atoms with van der Waals surface area (Å²) >= 11 is 0. The van der Waals surface area contributed by atoms with E-state index in [1.54, 1.807) is 7.05 Å². The average Bonchev–Trinajstić information content (AvgIpc) is 3.04. The van der Waals surface area contributed by atoms with Crippen LogP contribution >= 0.6 is 0 Å². The van der Waals surface area contributed by atoms with Gasteiger partial charge in [0.05, 0.1) is 18.8 Å².